The van der Waals surface area contributed by atoms with Crippen LogP contribution in [0.3, 0.4) is 0 Å². The Bertz CT molecular complexity index is 371. The van der Waals surface area contributed by atoms with Gasteiger partial charge in [-0.1, -0.05) is 0 Å². The highest BCUT2D eigenvalue weighted by Crippen LogP contribution is 2.16. The quantitative estimate of drug-likeness (QED) is 0.819. The Labute approximate surface area is 93.0 Å². The summed E-state index contributed by atoms with van der Waals surface area (Å²) in [5.74, 6) is 0.479. The molecule has 0 unspecified atom stereocenters. The number of aryl methyl sites for hydroxylation is 1. The zero-order valence-corrected chi connectivity index (χ0v) is 9.21. The lowest BCUT2D eigenvalue weighted by molar-refractivity contribution is 0.251. The summed E-state index contributed by atoms with van der Waals surface area (Å²) in [5, 5.41) is 4.91. The van der Waals surface area contributed by atoms with Gasteiger partial charge in [-0.2, -0.15) is 0 Å². The summed E-state index contributed by atoms with van der Waals surface area (Å²) < 4.78 is 16.7. The molecule has 0 atom stereocenters. The van der Waals surface area contributed by atoms with Crippen molar-refractivity contribution in [1.82, 2.24) is 10.3 Å². The summed E-state index contributed by atoms with van der Waals surface area (Å²) in [6.45, 7) is 1.15. The van der Waals surface area contributed by atoms with E-state index in [1.165, 1.54) is 7.11 Å². The molecule has 6 heteroatoms. The average molecular weight is 227 g/mol. The Kier molecular flexibility index (Phi) is 4.50. The molecule has 0 radical (unpaired) electrons. The van der Waals surface area contributed by atoms with Gasteiger partial charge in [0, 0.05) is 12.6 Å². The highest BCUT2D eigenvalue weighted by molar-refractivity contribution is 5.89. The first-order valence-electron chi connectivity index (χ1n) is 4.80. The zero-order chi connectivity index (χ0) is 12.0. The summed E-state index contributed by atoms with van der Waals surface area (Å²) in [6, 6.07) is 2.86. The van der Waals surface area contributed by atoms with Gasteiger partial charge in [-0.05, 0) is 13.0 Å². The van der Waals surface area contributed by atoms with E-state index in [0.29, 0.717) is 17.3 Å². The van der Waals surface area contributed by atoms with Crippen LogP contribution in [-0.2, 0) is 0 Å². The molecule has 0 aliphatic heterocycles. The minimum Gasteiger partial charge on any atom is -0.481 e. The minimum atomic E-state index is -0.590. The first-order valence-corrected chi connectivity index (χ1v) is 4.80. The molecule has 1 rings (SSSR count). The van der Waals surface area contributed by atoms with Crippen LogP contribution in [0.1, 0.15) is 5.69 Å². The van der Waals surface area contributed by atoms with Gasteiger partial charge in [0.1, 0.15) is 6.67 Å². The number of methoxy groups -OCH3 is 1. The van der Waals surface area contributed by atoms with Gasteiger partial charge < -0.3 is 15.4 Å². The maximum atomic E-state index is 11.8. The van der Waals surface area contributed by atoms with Crippen LogP contribution in [0.5, 0.6) is 5.88 Å². The number of hydrogen-bond acceptors (Lipinski definition) is 3. The third kappa shape index (κ3) is 3.38. The van der Waals surface area contributed by atoms with Gasteiger partial charge in [-0.25, -0.2) is 14.2 Å². The number of rotatable bonds is 4. The fraction of sp³-hybridized carbons (Fsp3) is 0.400. The highest BCUT2D eigenvalue weighted by Gasteiger charge is 2.05. The topological polar surface area (TPSA) is 63.2 Å². The number of alkyl halides is 1. The van der Waals surface area contributed by atoms with Crippen LogP contribution in [0.2, 0.25) is 0 Å². The molecule has 0 aromatic carbocycles. The molecule has 1 aromatic heterocycles. The standard InChI is InChI=1S/C10H14FN3O2/c1-7-8(3-4-9(13-7)16-2)14-10(15)12-6-5-11/h3-4H,5-6H2,1-2H3,(H2,12,14,15). The molecule has 5 nitrogen and oxygen atoms in total. The third-order valence-electron chi connectivity index (χ3n) is 1.90. The molecule has 0 aliphatic rings. The number of nitrogens with one attached hydrogen (secondary N) is 2. The van der Waals surface area contributed by atoms with Gasteiger partial charge in [-0.3, -0.25) is 0 Å². The maximum Gasteiger partial charge on any atom is 0.319 e. The smallest absolute Gasteiger partial charge is 0.319 e. The van der Waals surface area contributed by atoms with Crippen molar-refractivity contribution in [3.8, 4) is 5.88 Å². The minimum absolute atomic E-state index is 0.00549. The summed E-state index contributed by atoms with van der Waals surface area (Å²) in [4.78, 5) is 15.3. The molecule has 1 heterocycles. The van der Waals surface area contributed by atoms with E-state index < -0.39 is 12.7 Å². The maximum absolute atomic E-state index is 11.8. The van der Waals surface area contributed by atoms with Gasteiger partial charge in [0.25, 0.3) is 0 Å². The number of carbonyl (C=O) groups is 1. The third-order valence-corrected chi connectivity index (χ3v) is 1.90. The van der Waals surface area contributed by atoms with E-state index in [9.17, 15) is 9.18 Å². The van der Waals surface area contributed by atoms with E-state index in [4.69, 9.17) is 4.74 Å². The predicted octanol–water partition coefficient (Wildman–Crippen LogP) is 1.49. The molecular formula is C10H14FN3O2. The number of pyridine rings is 1. The predicted molar refractivity (Wildman–Crippen MR) is 58.5 cm³/mol. The van der Waals surface area contributed by atoms with Gasteiger partial charge in [0.05, 0.1) is 18.5 Å². The Morgan fingerprint density at radius 2 is 2.31 bits per heavy atom. The van der Waals surface area contributed by atoms with Crippen molar-refractivity contribution in [3.63, 3.8) is 0 Å². The first-order chi connectivity index (χ1) is 7.67. The number of anilines is 1. The lowest BCUT2D eigenvalue weighted by Gasteiger charge is -2.09. The average Bonchev–Trinajstić information content (AvgIpc) is 2.29. The Hall–Kier alpha value is -1.85. The van der Waals surface area contributed by atoms with Crippen LogP contribution in [0.4, 0.5) is 14.9 Å². The number of amides is 2. The highest BCUT2D eigenvalue weighted by atomic mass is 19.1. The van der Waals surface area contributed by atoms with E-state index in [0.717, 1.165) is 0 Å². The second kappa shape index (κ2) is 5.89. The molecule has 88 valence electrons. The van der Waals surface area contributed by atoms with Crippen molar-refractivity contribution in [2.75, 3.05) is 25.6 Å². The number of ether oxygens (including phenoxy) is 1. The van der Waals surface area contributed by atoms with Crippen molar-refractivity contribution in [3.05, 3.63) is 17.8 Å². The van der Waals surface area contributed by atoms with Crippen molar-refractivity contribution in [2.45, 2.75) is 6.92 Å². The van der Waals surface area contributed by atoms with Crippen molar-refractivity contribution >= 4 is 11.7 Å². The first kappa shape index (κ1) is 12.2. The number of carbonyl (C=O) groups excluding carboxylic acids is 1. The number of hydrogen-bond donors (Lipinski definition) is 2. The summed E-state index contributed by atoms with van der Waals surface area (Å²) >= 11 is 0. The molecule has 0 bridgehead atoms. The number of halogens is 1. The van der Waals surface area contributed by atoms with Gasteiger partial charge in [-0.15, -0.1) is 0 Å². The molecule has 1 aromatic rings. The number of nitrogens with zero attached hydrogens (tertiary/aromatic N) is 1. The van der Waals surface area contributed by atoms with Crippen molar-refractivity contribution in [2.24, 2.45) is 0 Å². The Morgan fingerprint density at radius 1 is 1.56 bits per heavy atom. The molecule has 0 saturated heterocycles. The van der Waals surface area contributed by atoms with Crippen molar-refractivity contribution < 1.29 is 13.9 Å². The lowest BCUT2D eigenvalue weighted by atomic mass is 10.3. The van der Waals surface area contributed by atoms with Gasteiger partial charge >= 0.3 is 6.03 Å². The Balaban J connectivity index is 2.63. The van der Waals surface area contributed by atoms with Crippen molar-refractivity contribution in [1.29, 1.82) is 0 Å². The second-order valence-corrected chi connectivity index (χ2v) is 3.06. The van der Waals surface area contributed by atoms with E-state index in [-0.39, 0.29) is 6.54 Å². The van der Waals surface area contributed by atoms with Crippen LogP contribution in [0, 0.1) is 6.92 Å². The van der Waals surface area contributed by atoms with Gasteiger partial charge in [0.15, 0.2) is 0 Å². The van der Waals surface area contributed by atoms with E-state index in [1.807, 2.05) is 0 Å². The van der Waals surface area contributed by atoms with E-state index in [2.05, 4.69) is 15.6 Å². The molecule has 2 amide bonds. The SMILES string of the molecule is COc1ccc(NC(=O)NCCF)c(C)n1. The largest absolute Gasteiger partial charge is 0.481 e. The molecule has 0 spiro atoms. The zero-order valence-electron chi connectivity index (χ0n) is 9.21. The number of aromatic nitrogens is 1. The van der Waals surface area contributed by atoms with Gasteiger partial charge in [0.2, 0.25) is 5.88 Å². The fourth-order valence-electron chi connectivity index (χ4n) is 1.11. The van der Waals surface area contributed by atoms with Crippen LogP contribution >= 0.6 is 0 Å². The molecule has 0 fully saturated rings. The van der Waals surface area contributed by atoms with Crippen LogP contribution in [0.15, 0.2) is 12.1 Å². The molecule has 0 saturated carbocycles. The number of urea groups is 1. The normalized spacial score (nSPS) is 9.69. The van der Waals surface area contributed by atoms with Crippen LogP contribution < -0.4 is 15.4 Å². The summed E-state index contributed by atoms with van der Waals surface area (Å²) in [5.41, 5.74) is 1.20. The lowest BCUT2D eigenvalue weighted by Crippen LogP contribution is -2.30. The van der Waals surface area contributed by atoms with Crippen LogP contribution in [0.25, 0.3) is 0 Å². The molecule has 0 aliphatic carbocycles. The van der Waals surface area contributed by atoms with E-state index >= 15 is 0 Å². The molecular weight excluding hydrogens is 213 g/mol. The summed E-state index contributed by atoms with van der Waals surface area (Å²) in [7, 11) is 1.52. The summed E-state index contributed by atoms with van der Waals surface area (Å²) in [6.07, 6.45) is 0. The Morgan fingerprint density at radius 3 is 2.88 bits per heavy atom. The second-order valence-electron chi connectivity index (χ2n) is 3.06. The molecule has 16 heavy (non-hydrogen) atoms. The molecule has 2 N–H and O–H groups in total. The monoisotopic (exact) mass is 227 g/mol. The van der Waals surface area contributed by atoms with Crippen LogP contribution in [-0.4, -0.2) is 31.3 Å². The van der Waals surface area contributed by atoms with E-state index in [1.54, 1.807) is 19.1 Å². The fourth-order valence-corrected chi connectivity index (χ4v) is 1.11.